The molecule has 0 aliphatic carbocycles. The Kier molecular flexibility index (Phi) is 4.14. The third-order valence-corrected chi connectivity index (χ3v) is 4.49. The first-order valence-electron chi connectivity index (χ1n) is 8.62. The van der Waals surface area contributed by atoms with Crippen molar-refractivity contribution < 1.29 is 22.7 Å². The van der Waals surface area contributed by atoms with Crippen LogP contribution in [-0.4, -0.2) is 26.9 Å². The van der Waals surface area contributed by atoms with E-state index in [1.54, 1.807) is 53.7 Å². The predicted octanol–water partition coefficient (Wildman–Crippen LogP) is 4.71. The van der Waals surface area contributed by atoms with Gasteiger partial charge in [-0.25, -0.2) is 4.79 Å². The van der Waals surface area contributed by atoms with Crippen LogP contribution >= 0.6 is 0 Å². The summed E-state index contributed by atoms with van der Waals surface area (Å²) in [6, 6.07) is 10.1. The fourth-order valence-corrected chi connectivity index (χ4v) is 3.32. The van der Waals surface area contributed by atoms with Crippen molar-refractivity contribution in [1.82, 2.24) is 14.3 Å². The van der Waals surface area contributed by atoms with E-state index in [0.29, 0.717) is 27.8 Å². The number of ether oxygens (including phenoxy) is 1. The number of esters is 1. The van der Waals surface area contributed by atoms with Crippen molar-refractivity contribution in [2.45, 2.75) is 13.1 Å². The molecule has 0 N–H and O–H groups in total. The van der Waals surface area contributed by atoms with Crippen LogP contribution in [0.1, 0.15) is 22.8 Å². The van der Waals surface area contributed by atoms with Crippen molar-refractivity contribution in [3.8, 4) is 5.69 Å². The number of hydrogen-bond acceptors (Lipinski definition) is 3. The number of aromatic nitrogens is 3. The van der Waals surface area contributed by atoms with E-state index in [2.05, 4.69) is 5.10 Å². The second-order valence-corrected chi connectivity index (χ2v) is 6.38. The lowest BCUT2D eigenvalue weighted by atomic mass is 10.1. The summed E-state index contributed by atoms with van der Waals surface area (Å²) in [6.07, 6.45) is -2.67. The normalized spacial score (nSPS) is 12.0. The summed E-state index contributed by atoms with van der Waals surface area (Å²) in [7, 11) is 1.73. The van der Waals surface area contributed by atoms with Gasteiger partial charge in [0.1, 0.15) is 0 Å². The fraction of sp³-hybridized carbons (Fsp3) is 0.200. The number of alkyl halides is 3. The van der Waals surface area contributed by atoms with Gasteiger partial charge < -0.3 is 4.74 Å². The Morgan fingerprint density at radius 2 is 1.93 bits per heavy atom. The quantitative estimate of drug-likeness (QED) is 0.478. The number of benzene rings is 2. The Balaban J connectivity index is 1.99. The molecule has 0 amide bonds. The van der Waals surface area contributed by atoms with Gasteiger partial charge in [0.15, 0.2) is 5.65 Å². The Labute approximate surface area is 157 Å². The molecule has 0 aliphatic rings. The molecule has 0 saturated carbocycles. The van der Waals surface area contributed by atoms with Crippen LogP contribution in [0.5, 0.6) is 0 Å². The number of hydrogen-bond donors (Lipinski definition) is 0. The first kappa shape index (κ1) is 18.1. The molecule has 0 spiro atoms. The summed E-state index contributed by atoms with van der Waals surface area (Å²) >= 11 is 0. The number of carbonyl (C=O) groups excluding carboxylic acids is 1. The van der Waals surface area contributed by atoms with E-state index in [0.717, 1.165) is 17.5 Å². The van der Waals surface area contributed by atoms with Crippen molar-refractivity contribution in [2.75, 3.05) is 6.61 Å². The average Bonchev–Trinajstić information content (AvgIpc) is 3.15. The highest BCUT2D eigenvalue weighted by Crippen LogP contribution is 2.35. The fourth-order valence-electron chi connectivity index (χ4n) is 3.32. The maximum Gasteiger partial charge on any atom is 0.416 e. The molecular weight excluding hydrogens is 371 g/mol. The van der Waals surface area contributed by atoms with Crippen LogP contribution in [0.25, 0.3) is 27.6 Å². The number of aryl methyl sites for hydroxylation is 1. The van der Waals surface area contributed by atoms with Crippen molar-refractivity contribution >= 4 is 27.9 Å². The van der Waals surface area contributed by atoms with Crippen molar-refractivity contribution in [3.63, 3.8) is 0 Å². The van der Waals surface area contributed by atoms with Gasteiger partial charge in [-0.05, 0) is 43.3 Å². The van der Waals surface area contributed by atoms with Crippen molar-refractivity contribution in [1.29, 1.82) is 0 Å². The first-order chi connectivity index (χ1) is 13.3. The molecule has 144 valence electrons. The zero-order chi connectivity index (χ0) is 20.1. The topological polar surface area (TPSA) is 49.1 Å². The molecule has 4 rings (SSSR count). The highest BCUT2D eigenvalue weighted by Gasteiger charge is 2.31. The third-order valence-electron chi connectivity index (χ3n) is 4.49. The van der Waals surface area contributed by atoms with Crippen molar-refractivity contribution in [3.05, 3.63) is 59.8 Å². The van der Waals surface area contributed by atoms with Gasteiger partial charge in [0.2, 0.25) is 0 Å². The largest absolute Gasteiger partial charge is 0.462 e. The minimum absolute atomic E-state index is 0.254. The molecule has 8 heteroatoms. The second kappa shape index (κ2) is 6.40. The molecule has 2 heterocycles. The van der Waals surface area contributed by atoms with Crippen molar-refractivity contribution in [2.24, 2.45) is 7.05 Å². The summed E-state index contributed by atoms with van der Waals surface area (Å²) < 4.78 is 47.8. The number of nitrogens with zero attached hydrogens (tertiary/aromatic N) is 3. The van der Waals surface area contributed by atoms with Crippen LogP contribution in [0, 0.1) is 0 Å². The van der Waals surface area contributed by atoms with Gasteiger partial charge in [0.05, 0.1) is 23.3 Å². The molecule has 0 radical (unpaired) electrons. The summed E-state index contributed by atoms with van der Waals surface area (Å²) in [4.78, 5) is 12.1. The number of carbonyl (C=O) groups is 1. The number of rotatable bonds is 3. The van der Waals surface area contributed by atoms with Gasteiger partial charge in [0.25, 0.3) is 0 Å². The van der Waals surface area contributed by atoms with Crippen LogP contribution in [-0.2, 0) is 18.0 Å². The van der Waals surface area contributed by atoms with Gasteiger partial charge in [0, 0.05) is 29.7 Å². The molecule has 0 atom stereocenters. The van der Waals surface area contributed by atoms with Crippen LogP contribution in [0.4, 0.5) is 13.2 Å². The van der Waals surface area contributed by atoms with Crippen LogP contribution in [0.15, 0.2) is 48.7 Å². The maximum absolute atomic E-state index is 13.2. The monoisotopic (exact) mass is 387 g/mol. The minimum Gasteiger partial charge on any atom is -0.462 e. The van der Waals surface area contributed by atoms with E-state index >= 15 is 0 Å². The van der Waals surface area contributed by atoms with Crippen LogP contribution in [0.3, 0.4) is 0 Å². The Morgan fingerprint density at radius 1 is 1.14 bits per heavy atom. The zero-order valence-corrected chi connectivity index (χ0v) is 15.1. The van der Waals surface area contributed by atoms with E-state index in [1.807, 2.05) is 0 Å². The summed E-state index contributed by atoms with van der Waals surface area (Å²) in [6.45, 7) is 1.98. The number of fused-ring (bicyclic) bond motifs is 3. The molecule has 4 aromatic rings. The minimum atomic E-state index is -4.45. The first-order valence-corrected chi connectivity index (χ1v) is 8.62. The summed E-state index contributed by atoms with van der Waals surface area (Å²) in [5.74, 6) is -0.451. The van der Waals surface area contributed by atoms with Gasteiger partial charge in [-0.2, -0.15) is 18.3 Å². The molecule has 0 saturated heterocycles. The lowest BCUT2D eigenvalue weighted by Crippen LogP contribution is -2.06. The molecule has 2 aromatic heterocycles. The van der Waals surface area contributed by atoms with E-state index in [4.69, 9.17) is 4.74 Å². The van der Waals surface area contributed by atoms with Crippen LogP contribution < -0.4 is 0 Å². The van der Waals surface area contributed by atoms with E-state index in [1.165, 1.54) is 6.07 Å². The van der Waals surface area contributed by atoms with E-state index in [9.17, 15) is 18.0 Å². The smallest absolute Gasteiger partial charge is 0.416 e. The van der Waals surface area contributed by atoms with E-state index < -0.39 is 17.7 Å². The molecule has 5 nitrogen and oxygen atoms in total. The van der Waals surface area contributed by atoms with Gasteiger partial charge >= 0.3 is 12.1 Å². The molecule has 2 aromatic carbocycles. The third kappa shape index (κ3) is 2.90. The number of halogens is 3. The highest BCUT2D eigenvalue weighted by molar-refractivity contribution is 6.10. The molecule has 28 heavy (non-hydrogen) atoms. The Bertz CT molecular complexity index is 1200. The molecule has 0 unspecified atom stereocenters. The second-order valence-electron chi connectivity index (χ2n) is 6.38. The van der Waals surface area contributed by atoms with Crippen LogP contribution in [0.2, 0.25) is 0 Å². The molecule has 0 bridgehead atoms. The molecular formula is C20H16F3N3O2. The Hall–Kier alpha value is -3.29. The lowest BCUT2D eigenvalue weighted by molar-refractivity contribution is -0.137. The summed E-state index contributed by atoms with van der Waals surface area (Å²) in [5.41, 5.74) is 1.15. The maximum atomic E-state index is 13.2. The lowest BCUT2D eigenvalue weighted by Gasteiger charge is -2.11. The standard InChI is InChI=1S/C20H16F3N3O2/c1-3-28-19(27)12-7-8-17-15(9-12)16-11-25(2)24-18(16)26(17)14-6-4-5-13(10-14)20(21,22)23/h4-11H,3H2,1-2H3. The predicted molar refractivity (Wildman–Crippen MR) is 98.5 cm³/mol. The summed E-state index contributed by atoms with van der Waals surface area (Å²) in [5, 5.41) is 5.86. The van der Waals surface area contributed by atoms with Gasteiger partial charge in [-0.1, -0.05) is 6.07 Å². The molecule has 0 aliphatic heterocycles. The molecule has 0 fully saturated rings. The SMILES string of the molecule is CCOC(=O)c1ccc2c(c1)c1cn(C)nc1n2-c1cccc(C(F)(F)F)c1. The van der Waals surface area contributed by atoms with Gasteiger partial charge in [-0.15, -0.1) is 0 Å². The highest BCUT2D eigenvalue weighted by atomic mass is 19.4. The Morgan fingerprint density at radius 3 is 2.64 bits per heavy atom. The zero-order valence-electron chi connectivity index (χ0n) is 15.1. The van der Waals surface area contributed by atoms with Gasteiger partial charge in [-0.3, -0.25) is 9.25 Å². The van der Waals surface area contributed by atoms with E-state index in [-0.39, 0.29) is 6.61 Å². The average molecular weight is 387 g/mol.